The Bertz CT molecular complexity index is 813. The molecule has 0 radical (unpaired) electrons. The van der Waals surface area contributed by atoms with E-state index in [-0.39, 0.29) is 5.82 Å². The summed E-state index contributed by atoms with van der Waals surface area (Å²) in [6, 6.07) is 12.5. The molecule has 0 aliphatic carbocycles. The van der Waals surface area contributed by atoms with Crippen molar-refractivity contribution in [1.82, 2.24) is 15.2 Å². The molecule has 3 aromatic rings. The third kappa shape index (κ3) is 4.25. The van der Waals surface area contributed by atoms with Crippen molar-refractivity contribution in [2.24, 2.45) is 0 Å². The van der Waals surface area contributed by atoms with Gasteiger partial charge in [-0.05, 0) is 54.8 Å². The number of hydrogen-bond donors (Lipinski definition) is 2. The van der Waals surface area contributed by atoms with Crippen LogP contribution in [0.5, 0.6) is 0 Å². The van der Waals surface area contributed by atoms with Crippen LogP contribution in [0.2, 0.25) is 0 Å². The third-order valence-corrected chi connectivity index (χ3v) is 3.42. The summed E-state index contributed by atoms with van der Waals surface area (Å²) < 4.78 is 12.9. The molecule has 24 heavy (non-hydrogen) atoms. The lowest BCUT2D eigenvalue weighted by Crippen LogP contribution is -2.06. The van der Waals surface area contributed by atoms with Gasteiger partial charge in [0.1, 0.15) is 5.82 Å². The second kappa shape index (κ2) is 7.04. The van der Waals surface area contributed by atoms with Gasteiger partial charge < -0.3 is 10.6 Å². The van der Waals surface area contributed by atoms with E-state index in [1.54, 1.807) is 18.3 Å². The summed E-state index contributed by atoms with van der Waals surface area (Å²) in [6.07, 6.45) is 1.57. The summed E-state index contributed by atoms with van der Waals surface area (Å²) in [7, 11) is 0. The minimum absolute atomic E-state index is 0.253. The lowest BCUT2D eigenvalue weighted by molar-refractivity contribution is 0.627. The monoisotopic (exact) mass is 323 g/mol. The van der Waals surface area contributed by atoms with Crippen molar-refractivity contribution >= 4 is 17.5 Å². The molecule has 0 unspecified atom stereocenters. The van der Waals surface area contributed by atoms with E-state index in [0.717, 1.165) is 11.3 Å². The maximum atomic E-state index is 12.9. The van der Waals surface area contributed by atoms with Gasteiger partial charge in [-0.3, -0.25) is 0 Å². The van der Waals surface area contributed by atoms with Gasteiger partial charge in [-0.25, -0.2) is 4.39 Å². The van der Waals surface area contributed by atoms with E-state index in [9.17, 15) is 4.39 Å². The zero-order valence-corrected chi connectivity index (χ0v) is 13.5. The van der Waals surface area contributed by atoms with Gasteiger partial charge in [0, 0.05) is 12.2 Å². The Morgan fingerprint density at radius 3 is 2.42 bits per heavy atom. The number of halogens is 1. The van der Waals surface area contributed by atoms with E-state index in [1.807, 2.05) is 26.0 Å². The maximum Gasteiger partial charge on any atom is 0.244 e. The molecule has 1 heterocycles. The number of benzene rings is 2. The molecule has 0 amide bonds. The molecule has 2 N–H and O–H groups in total. The van der Waals surface area contributed by atoms with Crippen molar-refractivity contribution in [2.75, 3.05) is 10.6 Å². The fourth-order valence-corrected chi connectivity index (χ4v) is 2.42. The zero-order valence-electron chi connectivity index (χ0n) is 13.5. The molecule has 1 aromatic heterocycles. The Hall–Kier alpha value is -3.02. The fraction of sp³-hybridized carbons (Fsp3) is 0.167. The summed E-state index contributed by atoms with van der Waals surface area (Å²) in [5, 5.41) is 14.2. The van der Waals surface area contributed by atoms with Gasteiger partial charge in [0.2, 0.25) is 5.95 Å². The van der Waals surface area contributed by atoms with Crippen molar-refractivity contribution in [2.45, 2.75) is 20.4 Å². The van der Waals surface area contributed by atoms with Crippen molar-refractivity contribution in [3.63, 3.8) is 0 Å². The molecule has 0 aliphatic heterocycles. The average Bonchev–Trinajstić information content (AvgIpc) is 2.54. The molecule has 6 heteroatoms. The zero-order chi connectivity index (χ0) is 16.9. The molecule has 0 saturated heterocycles. The number of nitrogens with one attached hydrogen (secondary N) is 2. The van der Waals surface area contributed by atoms with Gasteiger partial charge in [0.05, 0.1) is 6.20 Å². The first-order valence-electron chi connectivity index (χ1n) is 7.62. The number of nitrogens with zero attached hydrogens (tertiary/aromatic N) is 3. The molecule has 5 nitrogen and oxygen atoms in total. The van der Waals surface area contributed by atoms with Crippen LogP contribution < -0.4 is 10.6 Å². The Morgan fingerprint density at radius 2 is 1.71 bits per heavy atom. The Kier molecular flexibility index (Phi) is 4.65. The fourth-order valence-electron chi connectivity index (χ4n) is 2.42. The largest absolute Gasteiger partial charge is 0.349 e. The number of hydrogen-bond acceptors (Lipinski definition) is 5. The van der Waals surface area contributed by atoms with E-state index in [1.165, 1.54) is 23.3 Å². The van der Waals surface area contributed by atoms with Crippen molar-refractivity contribution in [3.05, 3.63) is 71.2 Å². The second-order valence-electron chi connectivity index (χ2n) is 5.65. The number of anilines is 3. The van der Waals surface area contributed by atoms with Crippen LogP contribution in [-0.4, -0.2) is 15.2 Å². The second-order valence-corrected chi connectivity index (χ2v) is 5.65. The lowest BCUT2D eigenvalue weighted by Gasteiger charge is -2.09. The molecular formula is C18H18FN5. The van der Waals surface area contributed by atoms with Crippen LogP contribution >= 0.6 is 0 Å². The quantitative estimate of drug-likeness (QED) is 0.743. The maximum absolute atomic E-state index is 12.9. The standard InChI is InChI=1S/C18H18FN5/c1-12-7-13(2)9-16(8-12)22-17-11-21-24-18(23-17)20-10-14-3-5-15(19)6-4-14/h3-9,11H,10H2,1-2H3,(H2,20,22,23,24). The first kappa shape index (κ1) is 15.9. The van der Waals surface area contributed by atoms with Crippen molar-refractivity contribution in [3.8, 4) is 0 Å². The Balaban J connectivity index is 1.68. The van der Waals surface area contributed by atoms with Gasteiger partial charge >= 0.3 is 0 Å². The number of aryl methyl sites for hydroxylation is 2. The summed E-state index contributed by atoms with van der Waals surface area (Å²) in [4.78, 5) is 4.39. The molecule has 0 bridgehead atoms. The molecule has 0 spiro atoms. The molecule has 0 atom stereocenters. The van der Waals surface area contributed by atoms with E-state index < -0.39 is 0 Å². The summed E-state index contributed by atoms with van der Waals surface area (Å²) in [5.74, 6) is 0.765. The smallest absolute Gasteiger partial charge is 0.244 e. The van der Waals surface area contributed by atoms with Crippen LogP contribution in [0, 0.1) is 19.7 Å². The SMILES string of the molecule is Cc1cc(C)cc(Nc2cnnc(NCc3ccc(F)cc3)n2)c1. The predicted octanol–water partition coefficient (Wildman–Crippen LogP) is 3.98. The molecular weight excluding hydrogens is 305 g/mol. The summed E-state index contributed by atoms with van der Waals surface area (Å²) in [5.41, 5.74) is 4.24. The molecule has 0 fully saturated rings. The van der Waals surface area contributed by atoms with Crippen LogP contribution in [0.3, 0.4) is 0 Å². The van der Waals surface area contributed by atoms with Crippen molar-refractivity contribution < 1.29 is 4.39 Å². The van der Waals surface area contributed by atoms with Crippen molar-refractivity contribution in [1.29, 1.82) is 0 Å². The van der Waals surface area contributed by atoms with E-state index in [2.05, 4.69) is 31.9 Å². The third-order valence-electron chi connectivity index (χ3n) is 3.42. The van der Waals surface area contributed by atoms with Gasteiger partial charge in [-0.2, -0.15) is 10.1 Å². The van der Waals surface area contributed by atoms with Gasteiger partial charge in [-0.15, -0.1) is 5.10 Å². The molecule has 0 saturated carbocycles. The molecule has 0 aliphatic rings. The highest BCUT2D eigenvalue weighted by molar-refractivity contribution is 5.58. The first-order chi connectivity index (χ1) is 11.6. The normalized spacial score (nSPS) is 10.5. The molecule has 2 aromatic carbocycles. The Morgan fingerprint density at radius 1 is 1.00 bits per heavy atom. The van der Waals surface area contributed by atoms with Gasteiger partial charge in [-0.1, -0.05) is 18.2 Å². The highest BCUT2D eigenvalue weighted by Crippen LogP contribution is 2.18. The Labute approximate surface area is 140 Å². The van der Waals surface area contributed by atoms with E-state index in [4.69, 9.17) is 0 Å². The lowest BCUT2D eigenvalue weighted by atomic mass is 10.1. The van der Waals surface area contributed by atoms with E-state index >= 15 is 0 Å². The summed E-state index contributed by atoms with van der Waals surface area (Å²) in [6.45, 7) is 4.59. The molecule has 3 rings (SSSR count). The van der Waals surface area contributed by atoms with Gasteiger partial charge in [0.15, 0.2) is 5.82 Å². The van der Waals surface area contributed by atoms with Crippen LogP contribution in [0.25, 0.3) is 0 Å². The highest BCUT2D eigenvalue weighted by atomic mass is 19.1. The topological polar surface area (TPSA) is 62.7 Å². The number of aromatic nitrogens is 3. The molecule has 122 valence electrons. The highest BCUT2D eigenvalue weighted by Gasteiger charge is 2.03. The average molecular weight is 323 g/mol. The number of rotatable bonds is 5. The first-order valence-corrected chi connectivity index (χ1v) is 7.62. The predicted molar refractivity (Wildman–Crippen MR) is 92.8 cm³/mol. The van der Waals surface area contributed by atoms with Crippen LogP contribution in [0.4, 0.5) is 21.8 Å². The van der Waals surface area contributed by atoms with Crippen LogP contribution in [0.15, 0.2) is 48.7 Å². The minimum atomic E-state index is -0.253. The van der Waals surface area contributed by atoms with E-state index in [0.29, 0.717) is 18.3 Å². The summed E-state index contributed by atoms with van der Waals surface area (Å²) >= 11 is 0. The van der Waals surface area contributed by atoms with Gasteiger partial charge in [0.25, 0.3) is 0 Å². The minimum Gasteiger partial charge on any atom is -0.349 e. The van der Waals surface area contributed by atoms with Crippen LogP contribution in [-0.2, 0) is 6.54 Å². The van der Waals surface area contributed by atoms with Crippen LogP contribution in [0.1, 0.15) is 16.7 Å².